The smallest absolute Gasteiger partial charge is 0.0771 e. The summed E-state index contributed by atoms with van der Waals surface area (Å²) in [6, 6.07) is 0. The third-order valence-corrected chi connectivity index (χ3v) is 8.38. The molecule has 7 unspecified atom stereocenters. The van der Waals surface area contributed by atoms with Gasteiger partial charge < -0.3 is 30.0 Å². The maximum absolute atomic E-state index is 11.3. The number of carbonyl (C=O) groups excluding carboxylic acids is 1. The van der Waals surface area contributed by atoms with Crippen molar-refractivity contribution in [1.82, 2.24) is 0 Å². The van der Waals surface area contributed by atoms with Gasteiger partial charge in [0.1, 0.15) is 0 Å². The van der Waals surface area contributed by atoms with Crippen LogP contribution in [0.25, 0.3) is 0 Å². The Labute approximate surface area is 155 Å². The number of rotatable bonds is 4. The molecule has 0 aromatic carbocycles. The van der Waals surface area contributed by atoms with Gasteiger partial charge in [-0.15, -0.1) is 0 Å². The van der Waals surface area contributed by atoms with Crippen LogP contribution in [0.15, 0.2) is 0 Å². The van der Waals surface area contributed by atoms with E-state index in [4.69, 9.17) is 4.74 Å². The Hall–Kier alpha value is -0.690. The van der Waals surface area contributed by atoms with Crippen LogP contribution in [0.4, 0.5) is 0 Å². The summed E-state index contributed by atoms with van der Waals surface area (Å²) in [6.45, 7) is 6.18. The molecule has 3 rings (SSSR count). The van der Waals surface area contributed by atoms with Gasteiger partial charge >= 0.3 is 0 Å². The van der Waals surface area contributed by atoms with Crippen LogP contribution in [-0.2, 0) is 9.53 Å². The van der Waals surface area contributed by atoms with E-state index in [9.17, 15) is 25.2 Å². The Morgan fingerprint density at radius 2 is 1.88 bits per heavy atom. The molecule has 2 saturated carbocycles. The minimum atomic E-state index is -1.16. The lowest BCUT2D eigenvalue weighted by Crippen LogP contribution is -2.66. The Kier molecular flexibility index (Phi) is 4.96. The summed E-state index contributed by atoms with van der Waals surface area (Å²) in [6.07, 6.45) is 2.89. The van der Waals surface area contributed by atoms with E-state index in [-0.39, 0.29) is 43.5 Å². The topological polar surface area (TPSA) is 110 Å². The van der Waals surface area contributed by atoms with Gasteiger partial charge in [-0.1, -0.05) is 20.8 Å². The molecule has 26 heavy (non-hydrogen) atoms. The zero-order valence-electron chi connectivity index (χ0n) is 16.2. The van der Waals surface area contributed by atoms with Crippen LogP contribution in [0, 0.1) is 28.1 Å². The number of hydrogen-bond acceptors (Lipinski definition) is 6. The Morgan fingerprint density at radius 3 is 2.46 bits per heavy atom. The highest BCUT2D eigenvalue weighted by molar-refractivity contribution is 5.65. The predicted octanol–water partition coefficient (Wildman–Crippen LogP) is 0.470. The van der Waals surface area contributed by atoms with E-state index in [2.05, 4.69) is 13.8 Å². The minimum absolute atomic E-state index is 0.0803. The highest BCUT2D eigenvalue weighted by Gasteiger charge is 2.68. The normalized spacial score (nSPS) is 51.4. The van der Waals surface area contributed by atoms with E-state index in [1.165, 1.54) is 0 Å². The first-order chi connectivity index (χ1) is 12.1. The molecule has 6 nitrogen and oxygen atoms in total. The van der Waals surface area contributed by atoms with Crippen molar-refractivity contribution in [2.75, 3.05) is 19.8 Å². The summed E-state index contributed by atoms with van der Waals surface area (Å²) in [5, 5.41) is 42.0. The zero-order valence-corrected chi connectivity index (χ0v) is 16.2. The van der Waals surface area contributed by atoms with Crippen LogP contribution in [0.1, 0.15) is 59.3 Å². The average Bonchev–Trinajstić information content (AvgIpc) is 2.98. The lowest BCUT2D eigenvalue weighted by Gasteiger charge is -2.64. The molecule has 6 heteroatoms. The molecule has 0 aromatic heterocycles. The van der Waals surface area contributed by atoms with Gasteiger partial charge in [-0.25, -0.2) is 0 Å². The molecule has 0 aromatic rings. The number of carboxylic acid groups (broad SMARTS) is 1. The first-order valence-electron chi connectivity index (χ1n) is 9.83. The van der Waals surface area contributed by atoms with Crippen molar-refractivity contribution in [3.8, 4) is 0 Å². The molecule has 2 aliphatic carbocycles. The van der Waals surface area contributed by atoms with Gasteiger partial charge in [0, 0.05) is 22.2 Å². The summed E-state index contributed by atoms with van der Waals surface area (Å²) in [4.78, 5) is 11.3. The third kappa shape index (κ3) is 2.56. The molecule has 7 atom stereocenters. The van der Waals surface area contributed by atoms with Crippen LogP contribution in [-0.4, -0.2) is 52.8 Å². The highest BCUT2D eigenvalue weighted by Crippen LogP contribution is 2.67. The Bertz CT molecular complexity index is 567. The van der Waals surface area contributed by atoms with Gasteiger partial charge in [0.25, 0.3) is 0 Å². The number of carboxylic acids is 1. The zero-order chi connectivity index (χ0) is 19.4. The number of aliphatic carboxylic acids is 1. The minimum Gasteiger partial charge on any atom is -0.550 e. The second-order valence-electron chi connectivity index (χ2n) is 9.73. The quantitative estimate of drug-likeness (QED) is 0.664. The molecule has 0 radical (unpaired) electrons. The van der Waals surface area contributed by atoms with Crippen molar-refractivity contribution in [1.29, 1.82) is 0 Å². The molecule has 150 valence electrons. The maximum atomic E-state index is 11.3. The van der Waals surface area contributed by atoms with Crippen molar-refractivity contribution in [2.45, 2.75) is 71.0 Å². The van der Waals surface area contributed by atoms with E-state index in [0.717, 1.165) is 19.3 Å². The molecule has 0 amide bonds. The first kappa shape index (κ1) is 20.1. The summed E-state index contributed by atoms with van der Waals surface area (Å²) >= 11 is 0. The standard InChI is InChI=1S/C20H34O6/c1-13-4-5-14-17(2,10-21)15(23)6-7-18(14,3)20(13)9-19(11-22,12-26-20)8-16(24)25/h13-15,21-23H,4-12H2,1-3H3,(H,24,25)/p-1. The summed E-state index contributed by atoms with van der Waals surface area (Å²) in [5.74, 6) is -0.862. The van der Waals surface area contributed by atoms with Crippen LogP contribution in [0.5, 0.6) is 0 Å². The van der Waals surface area contributed by atoms with Crippen molar-refractivity contribution in [3.05, 3.63) is 0 Å². The maximum Gasteiger partial charge on any atom is 0.0771 e. The first-order valence-corrected chi connectivity index (χ1v) is 9.83. The lowest BCUT2D eigenvalue weighted by atomic mass is 9.43. The van der Waals surface area contributed by atoms with Crippen LogP contribution in [0.2, 0.25) is 0 Å². The van der Waals surface area contributed by atoms with E-state index >= 15 is 0 Å². The number of aliphatic hydroxyl groups excluding tert-OH is 3. The fourth-order valence-electron chi connectivity index (χ4n) is 6.69. The number of fused-ring (bicyclic) bond motifs is 2. The summed E-state index contributed by atoms with van der Waals surface area (Å²) in [5.41, 5.74) is -2.25. The van der Waals surface area contributed by atoms with E-state index in [1.807, 2.05) is 6.92 Å². The molecule has 1 spiro atoms. The van der Waals surface area contributed by atoms with E-state index in [0.29, 0.717) is 12.8 Å². The number of aliphatic hydroxyl groups is 3. The van der Waals surface area contributed by atoms with Crippen molar-refractivity contribution >= 4 is 5.97 Å². The molecule has 1 saturated heterocycles. The van der Waals surface area contributed by atoms with Crippen LogP contribution >= 0.6 is 0 Å². The molecule has 3 aliphatic rings. The van der Waals surface area contributed by atoms with Gasteiger partial charge in [-0.2, -0.15) is 0 Å². The summed E-state index contributed by atoms with van der Waals surface area (Å²) in [7, 11) is 0. The second-order valence-corrected chi connectivity index (χ2v) is 9.73. The van der Waals surface area contributed by atoms with Gasteiger partial charge in [0.2, 0.25) is 0 Å². The fraction of sp³-hybridized carbons (Fsp3) is 0.950. The largest absolute Gasteiger partial charge is 0.550 e. The fourth-order valence-corrected chi connectivity index (χ4v) is 6.69. The van der Waals surface area contributed by atoms with Crippen molar-refractivity contribution in [2.24, 2.45) is 28.1 Å². The summed E-state index contributed by atoms with van der Waals surface area (Å²) < 4.78 is 6.43. The Morgan fingerprint density at radius 1 is 1.19 bits per heavy atom. The molecule has 1 aliphatic heterocycles. The molecular formula is C20H33O6-. The average molecular weight is 369 g/mol. The Balaban J connectivity index is 2.02. The molecule has 0 bridgehead atoms. The molecular weight excluding hydrogens is 336 g/mol. The number of hydrogen-bond donors (Lipinski definition) is 3. The SMILES string of the molecule is CC1CCC2C(C)(CO)C(O)CCC2(C)C12CC(CO)(CC(=O)[O-])CO2. The van der Waals surface area contributed by atoms with Crippen LogP contribution in [0.3, 0.4) is 0 Å². The van der Waals surface area contributed by atoms with E-state index in [1.54, 1.807) is 0 Å². The van der Waals surface area contributed by atoms with E-state index < -0.39 is 28.5 Å². The van der Waals surface area contributed by atoms with Gasteiger partial charge in [-0.3, -0.25) is 0 Å². The van der Waals surface area contributed by atoms with Gasteiger partial charge in [-0.05, 0) is 50.4 Å². The predicted molar refractivity (Wildman–Crippen MR) is 92.9 cm³/mol. The number of ether oxygens (including phenoxy) is 1. The van der Waals surface area contributed by atoms with Gasteiger partial charge in [0.05, 0.1) is 31.5 Å². The third-order valence-electron chi connectivity index (χ3n) is 8.38. The lowest BCUT2D eigenvalue weighted by molar-refractivity contribution is -0.308. The van der Waals surface area contributed by atoms with Crippen molar-refractivity contribution < 1.29 is 30.0 Å². The molecule has 1 heterocycles. The highest BCUT2D eigenvalue weighted by atomic mass is 16.5. The molecule has 3 N–H and O–H groups in total. The number of carbonyl (C=O) groups is 1. The second kappa shape index (κ2) is 6.43. The van der Waals surface area contributed by atoms with Crippen molar-refractivity contribution in [3.63, 3.8) is 0 Å². The monoisotopic (exact) mass is 369 g/mol. The molecule has 3 fully saturated rings. The van der Waals surface area contributed by atoms with Gasteiger partial charge in [0.15, 0.2) is 0 Å². The van der Waals surface area contributed by atoms with Crippen LogP contribution < -0.4 is 5.11 Å².